The molecule has 12 heavy (non-hydrogen) atoms. The van der Waals surface area contributed by atoms with Crippen LogP contribution in [0.3, 0.4) is 0 Å². The van der Waals surface area contributed by atoms with Gasteiger partial charge in [-0.2, -0.15) is 0 Å². The van der Waals surface area contributed by atoms with Crippen molar-refractivity contribution >= 4 is 0 Å². The molecule has 0 aliphatic carbocycles. The molecule has 1 aliphatic rings. The minimum Gasteiger partial charge on any atom is -0.311 e. The number of rotatable bonds is 2. The molecule has 1 rings (SSSR count). The minimum atomic E-state index is 0.796. The fraction of sp³-hybridized carbons (Fsp3) is 1.00. The topological polar surface area (TPSA) is 12.0 Å². The van der Waals surface area contributed by atoms with Crippen molar-refractivity contribution in [2.45, 2.75) is 66.0 Å². The SMILES string of the molecule is CC.CCC1CCC(C(C)C)N1. The van der Waals surface area contributed by atoms with Crippen LogP contribution < -0.4 is 5.32 Å². The van der Waals surface area contributed by atoms with E-state index in [0.29, 0.717) is 0 Å². The Bertz CT molecular complexity index is 99.2. The summed E-state index contributed by atoms with van der Waals surface area (Å²) in [5.41, 5.74) is 0. The standard InChI is InChI=1S/C9H19N.C2H6/c1-4-8-5-6-9(10-8)7(2)3;1-2/h7-10H,4-6H2,1-3H3;1-2H3. The highest BCUT2D eigenvalue weighted by atomic mass is 15.0. The van der Waals surface area contributed by atoms with Crippen molar-refractivity contribution in [1.29, 1.82) is 0 Å². The average Bonchev–Trinajstić information content (AvgIpc) is 2.55. The molecule has 0 amide bonds. The number of nitrogens with one attached hydrogen (secondary N) is 1. The van der Waals surface area contributed by atoms with Gasteiger partial charge in [-0.05, 0) is 25.2 Å². The van der Waals surface area contributed by atoms with Crippen LogP contribution in [0.15, 0.2) is 0 Å². The molecule has 0 aromatic carbocycles. The van der Waals surface area contributed by atoms with E-state index in [1.807, 2.05) is 13.8 Å². The Morgan fingerprint density at radius 2 is 1.83 bits per heavy atom. The summed E-state index contributed by atoms with van der Waals surface area (Å²) in [5.74, 6) is 0.816. The van der Waals surface area contributed by atoms with E-state index in [-0.39, 0.29) is 0 Å². The molecular weight excluding hydrogens is 146 g/mol. The number of hydrogen-bond donors (Lipinski definition) is 1. The monoisotopic (exact) mass is 171 g/mol. The van der Waals surface area contributed by atoms with Gasteiger partial charge in [-0.1, -0.05) is 34.6 Å². The van der Waals surface area contributed by atoms with Gasteiger partial charge < -0.3 is 5.32 Å². The Hall–Kier alpha value is -0.0400. The highest BCUT2D eigenvalue weighted by molar-refractivity contribution is 4.83. The molecule has 0 aromatic rings. The Morgan fingerprint density at radius 1 is 1.25 bits per heavy atom. The highest BCUT2D eigenvalue weighted by Crippen LogP contribution is 2.19. The van der Waals surface area contributed by atoms with E-state index in [4.69, 9.17) is 0 Å². The van der Waals surface area contributed by atoms with Crippen LogP contribution in [-0.4, -0.2) is 12.1 Å². The Labute approximate surface area is 77.9 Å². The van der Waals surface area contributed by atoms with Gasteiger partial charge in [0.25, 0.3) is 0 Å². The first-order valence-corrected chi connectivity index (χ1v) is 5.50. The van der Waals surface area contributed by atoms with Crippen molar-refractivity contribution in [3.63, 3.8) is 0 Å². The first-order valence-electron chi connectivity index (χ1n) is 5.50. The molecule has 1 nitrogen and oxygen atoms in total. The third kappa shape index (κ3) is 3.57. The molecule has 1 aliphatic heterocycles. The lowest BCUT2D eigenvalue weighted by Crippen LogP contribution is -2.32. The summed E-state index contributed by atoms with van der Waals surface area (Å²) >= 11 is 0. The summed E-state index contributed by atoms with van der Waals surface area (Å²) in [5, 5.41) is 3.64. The highest BCUT2D eigenvalue weighted by Gasteiger charge is 2.23. The predicted molar refractivity (Wildman–Crippen MR) is 56.4 cm³/mol. The summed E-state index contributed by atoms with van der Waals surface area (Å²) in [6, 6.07) is 1.61. The van der Waals surface area contributed by atoms with Gasteiger partial charge in [-0.25, -0.2) is 0 Å². The van der Waals surface area contributed by atoms with Gasteiger partial charge in [-0.15, -0.1) is 0 Å². The van der Waals surface area contributed by atoms with Crippen molar-refractivity contribution in [2.75, 3.05) is 0 Å². The lowest BCUT2D eigenvalue weighted by atomic mass is 10.0. The Morgan fingerprint density at radius 3 is 2.08 bits per heavy atom. The normalized spacial score (nSPS) is 28.5. The van der Waals surface area contributed by atoms with Crippen LogP contribution in [0.25, 0.3) is 0 Å². The van der Waals surface area contributed by atoms with Gasteiger partial charge in [-0.3, -0.25) is 0 Å². The van der Waals surface area contributed by atoms with E-state index in [9.17, 15) is 0 Å². The zero-order chi connectivity index (χ0) is 9.56. The van der Waals surface area contributed by atoms with Gasteiger partial charge >= 0.3 is 0 Å². The molecule has 0 radical (unpaired) electrons. The van der Waals surface area contributed by atoms with Crippen molar-refractivity contribution in [1.82, 2.24) is 5.32 Å². The maximum absolute atomic E-state index is 3.64. The van der Waals surface area contributed by atoms with Crippen LogP contribution in [0.4, 0.5) is 0 Å². The third-order valence-corrected chi connectivity index (χ3v) is 2.57. The molecule has 1 N–H and O–H groups in total. The first kappa shape index (κ1) is 12.0. The van der Waals surface area contributed by atoms with Crippen LogP contribution in [0.2, 0.25) is 0 Å². The predicted octanol–water partition coefficient (Wildman–Crippen LogP) is 3.20. The second-order valence-electron chi connectivity index (χ2n) is 3.70. The lowest BCUT2D eigenvalue weighted by Gasteiger charge is -2.16. The molecule has 1 saturated heterocycles. The maximum Gasteiger partial charge on any atom is 0.00932 e. The average molecular weight is 171 g/mol. The summed E-state index contributed by atoms with van der Waals surface area (Å²) in [6.07, 6.45) is 4.07. The third-order valence-electron chi connectivity index (χ3n) is 2.57. The van der Waals surface area contributed by atoms with Crippen molar-refractivity contribution in [3.05, 3.63) is 0 Å². The zero-order valence-corrected chi connectivity index (χ0v) is 9.35. The number of hydrogen-bond acceptors (Lipinski definition) is 1. The molecule has 0 bridgehead atoms. The second kappa shape index (κ2) is 6.47. The molecule has 2 atom stereocenters. The Balaban J connectivity index is 0.000000561. The summed E-state index contributed by atoms with van der Waals surface area (Å²) in [7, 11) is 0. The minimum absolute atomic E-state index is 0.796. The summed E-state index contributed by atoms with van der Waals surface area (Å²) in [4.78, 5) is 0. The zero-order valence-electron chi connectivity index (χ0n) is 9.35. The molecule has 0 spiro atoms. The van der Waals surface area contributed by atoms with Crippen molar-refractivity contribution in [2.24, 2.45) is 5.92 Å². The summed E-state index contributed by atoms with van der Waals surface area (Å²) < 4.78 is 0. The van der Waals surface area contributed by atoms with E-state index in [1.54, 1.807) is 0 Å². The molecule has 74 valence electrons. The van der Waals surface area contributed by atoms with Crippen LogP contribution in [0.5, 0.6) is 0 Å². The molecule has 0 aromatic heterocycles. The molecule has 1 heteroatoms. The van der Waals surface area contributed by atoms with Crippen LogP contribution in [0.1, 0.15) is 53.9 Å². The van der Waals surface area contributed by atoms with Crippen molar-refractivity contribution in [3.8, 4) is 0 Å². The van der Waals surface area contributed by atoms with Gasteiger partial charge in [0.05, 0.1) is 0 Å². The van der Waals surface area contributed by atoms with Crippen LogP contribution in [-0.2, 0) is 0 Å². The van der Waals surface area contributed by atoms with Gasteiger partial charge in [0.15, 0.2) is 0 Å². The smallest absolute Gasteiger partial charge is 0.00932 e. The lowest BCUT2D eigenvalue weighted by molar-refractivity contribution is 0.426. The van der Waals surface area contributed by atoms with Gasteiger partial charge in [0.1, 0.15) is 0 Å². The quantitative estimate of drug-likeness (QED) is 0.673. The maximum atomic E-state index is 3.64. The van der Waals surface area contributed by atoms with Crippen molar-refractivity contribution < 1.29 is 0 Å². The van der Waals surface area contributed by atoms with E-state index in [0.717, 1.165) is 18.0 Å². The summed E-state index contributed by atoms with van der Waals surface area (Å²) in [6.45, 7) is 10.9. The van der Waals surface area contributed by atoms with Crippen LogP contribution >= 0.6 is 0 Å². The van der Waals surface area contributed by atoms with E-state index >= 15 is 0 Å². The second-order valence-corrected chi connectivity index (χ2v) is 3.70. The fourth-order valence-electron chi connectivity index (χ4n) is 1.70. The molecule has 1 heterocycles. The van der Waals surface area contributed by atoms with Gasteiger partial charge in [0.2, 0.25) is 0 Å². The Kier molecular flexibility index (Phi) is 6.45. The van der Waals surface area contributed by atoms with E-state index in [2.05, 4.69) is 26.1 Å². The van der Waals surface area contributed by atoms with E-state index < -0.39 is 0 Å². The van der Waals surface area contributed by atoms with Gasteiger partial charge in [0, 0.05) is 12.1 Å². The largest absolute Gasteiger partial charge is 0.311 e. The molecule has 2 unspecified atom stereocenters. The van der Waals surface area contributed by atoms with Crippen LogP contribution in [0, 0.1) is 5.92 Å². The van der Waals surface area contributed by atoms with E-state index in [1.165, 1.54) is 19.3 Å². The molecule has 1 fully saturated rings. The first-order chi connectivity index (χ1) is 5.74. The molecular formula is C11H25N. The molecule has 0 saturated carbocycles. The fourth-order valence-corrected chi connectivity index (χ4v) is 1.70.